The van der Waals surface area contributed by atoms with Crippen molar-refractivity contribution in [3.8, 4) is 0 Å². The van der Waals surface area contributed by atoms with Gasteiger partial charge in [-0.1, -0.05) is 6.07 Å². The first kappa shape index (κ1) is 21.6. The monoisotopic (exact) mass is 420 g/mol. The minimum Gasteiger partial charge on any atom is -0.353 e. The van der Waals surface area contributed by atoms with E-state index in [0.29, 0.717) is 37.6 Å². The van der Waals surface area contributed by atoms with Crippen LogP contribution in [0.5, 0.6) is 0 Å². The number of nitrogens with one attached hydrogen (secondary N) is 1. The summed E-state index contributed by atoms with van der Waals surface area (Å²) in [4.78, 5) is 32.0. The number of nitrogens with zero attached hydrogens (tertiary/aromatic N) is 3. The van der Waals surface area contributed by atoms with Crippen molar-refractivity contribution in [3.63, 3.8) is 0 Å². The summed E-state index contributed by atoms with van der Waals surface area (Å²) in [5.74, 6) is -0.0654. The first-order chi connectivity index (χ1) is 14.1. The fourth-order valence-electron chi connectivity index (χ4n) is 3.18. The third kappa shape index (κ3) is 5.08. The molecular formula is C21H23F3N4O2. The number of piperazine rings is 1. The Hall–Kier alpha value is -3.10. The molecule has 1 aromatic heterocycles. The minimum atomic E-state index is -4.42. The molecule has 0 spiro atoms. The van der Waals surface area contributed by atoms with Crippen LogP contribution < -0.4 is 10.2 Å². The zero-order chi connectivity index (χ0) is 21.9. The molecule has 1 aromatic carbocycles. The van der Waals surface area contributed by atoms with Crippen LogP contribution in [0.3, 0.4) is 0 Å². The highest BCUT2D eigenvalue weighted by molar-refractivity contribution is 5.96. The molecule has 0 atom stereocenters. The number of aryl methyl sites for hydroxylation is 2. The van der Waals surface area contributed by atoms with Crippen molar-refractivity contribution < 1.29 is 22.8 Å². The van der Waals surface area contributed by atoms with Crippen LogP contribution >= 0.6 is 0 Å². The summed E-state index contributed by atoms with van der Waals surface area (Å²) in [5.41, 5.74) is 1.80. The highest BCUT2D eigenvalue weighted by Crippen LogP contribution is 2.29. The van der Waals surface area contributed by atoms with E-state index in [0.717, 1.165) is 23.4 Å². The molecule has 160 valence electrons. The SMILES string of the molecule is Cc1ccc(C(=O)NCC(=O)N2CCN(c3ccc(C(F)(F)F)cn3)CC2)cc1C. The summed E-state index contributed by atoms with van der Waals surface area (Å²) in [5, 5.41) is 2.64. The molecule has 0 bridgehead atoms. The number of carbonyl (C=O) groups is 2. The molecule has 1 aliphatic heterocycles. The zero-order valence-electron chi connectivity index (χ0n) is 16.8. The summed E-state index contributed by atoms with van der Waals surface area (Å²) < 4.78 is 37.9. The van der Waals surface area contributed by atoms with E-state index < -0.39 is 11.7 Å². The van der Waals surface area contributed by atoms with Crippen LogP contribution in [0.4, 0.5) is 19.0 Å². The largest absolute Gasteiger partial charge is 0.417 e. The van der Waals surface area contributed by atoms with Crippen molar-refractivity contribution in [2.75, 3.05) is 37.6 Å². The smallest absolute Gasteiger partial charge is 0.353 e. The first-order valence-electron chi connectivity index (χ1n) is 9.56. The number of hydrogen-bond acceptors (Lipinski definition) is 4. The number of rotatable bonds is 4. The molecule has 0 aliphatic carbocycles. The average Bonchev–Trinajstić information content (AvgIpc) is 2.73. The molecule has 1 saturated heterocycles. The zero-order valence-corrected chi connectivity index (χ0v) is 16.8. The Bertz CT molecular complexity index is 921. The molecule has 9 heteroatoms. The molecule has 2 aromatic rings. The van der Waals surface area contributed by atoms with Crippen molar-refractivity contribution in [2.45, 2.75) is 20.0 Å². The second-order valence-corrected chi connectivity index (χ2v) is 7.25. The standard InChI is InChI=1S/C21H23F3N4O2/c1-14-3-4-16(11-15(14)2)20(30)26-13-19(29)28-9-7-27(8-10-28)18-6-5-17(12-25-18)21(22,23)24/h3-6,11-12H,7-10,13H2,1-2H3,(H,26,30). The maximum absolute atomic E-state index is 12.6. The van der Waals surface area contributed by atoms with E-state index in [1.807, 2.05) is 24.8 Å². The fourth-order valence-corrected chi connectivity index (χ4v) is 3.18. The van der Waals surface area contributed by atoms with E-state index >= 15 is 0 Å². The van der Waals surface area contributed by atoms with Crippen LogP contribution in [-0.4, -0.2) is 54.4 Å². The van der Waals surface area contributed by atoms with Crippen molar-refractivity contribution in [1.82, 2.24) is 15.2 Å². The summed E-state index contributed by atoms with van der Waals surface area (Å²) in [6.45, 7) is 5.49. The van der Waals surface area contributed by atoms with Gasteiger partial charge in [-0.2, -0.15) is 13.2 Å². The summed E-state index contributed by atoms with van der Waals surface area (Å²) >= 11 is 0. The lowest BCUT2D eigenvalue weighted by Crippen LogP contribution is -2.51. The predicted molar refractivity (Wildman–Crippen MR) is 106 cm³/mol. The average molecular weight is 420 g/mol. The van der Waals surface area contributed by atoms with E-state index in [2.05, 4.69) is 10.3 Å². The number of amides is 2. The summed E-state index contributed by atoms with van der Waals surface area (Å²) in [6.07, 6.45) is -3.60. The third-order valence-electron chi connectivity index (χ3n) is 5.20. The van der Waals surface area contributed by atoms with Gasteiger partial charge in [0.2, 0.25) is 5.91 Å². The van der Waals surface area contributed by atoms with E-state index in [9.17, 15) is 22.8 Å². The van der Waals surface area contributed by atoms with E-state index in [-0.39, 0.29) is 18.4 Å². The number of pyridine rings is 1. The second-order valence-electron chi connectivity index (χ2n) is 7.25. The molecular weight excluding hydrogens is 397 g/mol. The molecule has 1 N–H and O–H groups in total. The Morgan fingerprint density at radius 2 is 1.73 bits per heavy atom. The summed E-state index contributed by atoms with van der Waals surface area (Å²) in [7, 11) is 0. The van der Waals surface area contributed by atoms with Gasteiger partial charge in [0.25, 0.3) is 5.91 Å². The number of halogens is 3. The molecule has 2 amide bonds. The molecule has 6 nitrogen and oxygen atoms in total. The lowest BCUT2D eigenvalue weighted by Gasteiger charge is -2.35. The van der Waals surface area contributed by atoms with Crippen LogP contribution in [0.2, 0.25) is 0 Å². The van der Waals surface area contributed by atoms with Crippen molar-refractivity contribution in [2.24, 2.45) is 0 Å². The highest BCUT2D eigenvalue weighted by Gasteiger charge is 2.31. The first-order valence-corrected chi connectivity index (χ1v) is 9.56. The van der Waals surface area contributed by atoms with Crippen LogP contribution in [-0.2, 0) is 11.0 Å². The summed E-state index contributed by atoms with van der Waals surface area (Å²) in [6, 6.07) is 7.70. The second kappa shape index (κ2) is 8.73. The normalized spacial score (nSPS) is 14.6. The van der Waals surface area contributed by atoms with Gasteiger partial charge in [-0.15, -0.1) is 0 Å². The molecule has 1 fully saturated rings. The van der Waals surface area contributed by atoms with E-state index in [1.165, 1.54) is 6.07 Å². The number of alkyl halides is 3. The lowest BCUT2D eigenvalue weighted by molar-refractivity contribution is -0.137. The number of anilines is 1. The van der Waals surface area contributed by atoms with Gasteiger partial charge in [-0.3, -0.25) is 9.59 Å². The predicted octanol–water partition coefficient (Wildman–Crippen LogP) is 2.80. The Kier molecular flexibility index (Phi) is 6.28. The molecule has 0 saturated carbocycles. The van der Waals surface area contributed by atoms with Gasteiger partial charge in [-0.25, -0.2) is 4.98 Å². The molecule has 3 rings (SSSR count). The Morgan fingerprint density at radius 3 is 2.30 bits per heavy atom. The van der Waals surface area contributed by atoms with Gasteiger partial charge in [0.15, 0.2) is 0 Å². The van der Waals surface area contributed by atoms with E-state index in [1.54, 1.807) is 17.0 Å². The highest BCUT2D eigenvalue weighted by atomic mass is 19.4. The molecule has 1 aliphatic rings. The van der Waals surface area contributed by atoms with Gasteiger partial charge in [-0.05, 0) is 49.2 Å². The van der Waals surface area contributed by atoms with E-state index in [4.69, 9.17) is 0 Å². The number of aromatic nitrogens is 1. The molecule has 2 heterocycles. The van der Waals surface area contributed by atoms with Gasteiger partial charge >= 0.3 is 6.18 Å². The van der Waals surface area contributed by atoms with Gasteiger partial charge in [0.05, 0.1) is 12.1 Å². The fraction of sp³-hybridized carbons (Fsp3) is 0.381. The van der Waals surface area contributed by atoms with Crippen LogP contribution in [0.1, 0.15) is 27.0 Å². The van der Waals surface area contributed by atoms with Gasteiger partial charge in [0.1, 0.15) is 5.82 Å². The number of carbonyl (C=O) groups excluding carboxylic acids is 2. The maximum Gasteiger partial charge on any atom is 0.417 e. The van der Waals surface area contributed by atoms with Crippen LogP contribution in [0.25, 0.3) is 0 Å². The quantitative estimate of drug-likeness (QED) is 0.826. The van der Waals surface area contributed by atoms with Crippen molar-refractivity contribution >= 4 is 17.6 Å². The Labute approximate surface area is 172 Å². The maximum atomic E-state index is 12.6. The number of hydrogen-bond donors (Lipinski definition) is 1. The minimum absolute atomic E-state index is 0.107. The van der Waals surface area contributed by atoms with Gasteiger partial charge < -0.3 is 15.1 Å². The molecule has 30 heavy (non-hydrogen) atoms. The lowest BCUT2D eigenvalue weighted by atomic mass is 10.1. The Balaban J connectivity index is 1.49. The van der Waals surface area contributed by atoms with Crippen LogP contribution in [0.15, 0.2) is 36.5 Å². The molecule has 0 radical (unpaired) electrons. The topological polar surface area (TPSA) is 65.5 Å². The van der Waals surface area contributed by atoms with Crippen molar-refractivity contribution in [3.05, 3.63) is 58.8 Å². The van der Waals surface area contributed by atoms with Crippen LogP contribution in [0, 0.1) is 13.8 Å². The van der Waals surface area contributed by atoms with Crippen molar-refractivity contribution in [1.29, 1.82) is 0 Å². The number of benzene rings is 1. The third-order valence-corrected chi connectivity index (χ3v) is 5.20. The molecule has 0 unspecified atom stereocenters. The van der Waals surface area contributed by atoms with Gasteiger partial charge in [0, 0.05) is 37.9 Å². The Morgan fingerprint density at radius 1 is 1.03 bits per heavy atom.